The summed E-state index contributed by atoms with van der Waals surface area (Å²) in [6, 6.07) is 9.02. The highest BCUT2D eigenvalue weighted by molar-refractivity contribution is 5.81. The Kier molecular flexibility index (Phi) is 4.23. The normalized spacial score (nSPS) is 16.0. The van der Waals surface area contributed by atoms with Crippen LogP contribution in [-0.4, -0.2) is 27.7 Å². The van der Waals surface area contributed by atoms with Gasteiger partial charge in [0.25, 0.3) is 5.56 Å². The smallest absolute Gasteiger partial charge is 0.267 e. The van der Waals surface area contributed by atoms with E-state index in [1.54, 1.807) is 48.3 Å². The molecular formula is C20H18N4O2. The van der Waals surface area contributed by atoms with Crippen molar-refractivity contribution in [1.82, 2.24) is 14.5 Å². The van der Waals surface area contributed by atoms with Gasteiger partial charge in [-0.1, -0.05) is 24.3 Å². The standard InChI is InChI=1S/C20H18N4O2/c1-26-16-9-10-18-17(12-16)19(25)24(15-8-5-11-21-13-15)20(23-18)22-14-6-3-2-4-7-14/h2-6,8-14H,7H2,1H3,(H,22,23). The average molecular weight is 346 g/mol. The summed E-state index contributed by atoms with van der Waals surface area (Å²) in [5, 5.41) is 3.86. The van der Waals surface area contributed by atoms with Crippen molar-refractivity contribution in [2.45, 2.75) is 12.5 Å². The van der Waals surface area contributed by atoms with Crippen molar-refractivity contribution in [2.75, 3.05) is 12.4 Å². The molecule has 4 rings (SSSR count). The van der Waals surface area contributed by atoms with Gasteiger partial charge in [-0.2, -0.15) is 0 Å². The fourth-order valence-corrected chi connectivity index (χ4v) is 2.97. The van der Waals surface area contributed by atoms with E-state index in [4.69, 9.17) is 9.72 Å². The first kappa shape index (κ1) is 16.1. The van der Waals surface area contributed by atoms with Gasteiger partial charge in [-0.3, -0.25) is 9.78 Å². The van der Waals surface area contributed by atoms with Gasteiger partial charge in [-0.15, -0.1) is 0 Å². The van der Waals surface area contributed by atoms with Crippen LogP contribution in [-0.2, 0) is 0 Å². The Morgan fingerprint density at radius 1 is 1.27 bits per heavy atom. The lowest BCUT2D eigenvalue weighted by Crippen LogP contribution is -2.28. The Morgan fingerprint density at radius 2 is 2.19 bits per heavy atom. The molecule has 1 aliphatic rings. The van der Waals surface area contributed by atoms with Gasteiger partial charge < -0.3 is 10.1 Å². The minimum Gasteiger partial charge on any atom is -0.497 e. The number of nitrogens with one attached hydrogen (secondary N) is 1. The second-order valence-electron chi connectivity index (χ2n) is 5.97. The summed E-state index contributed by atoms with van der Waals surface area (Å²) in [4.78, 5) is 22.1. The van der Waals surface area contributed by atoms with Crippen molar-refractivity contribution in [2.24, 2.45) is 0 Å². The van der Waals surface area contributed by atoms with Gasteiger partial charge in [-0.05, 0) is 36.8 Å². The van der Waals surface area contributed by atoms with Crippen LogP contribution >= 0.6 is 0 Å². The number of ether oxygens (including phenoxy) is 1. The number of allylic oxidation sites excluding steroid dienone is 2. The number of anilines is 1. The predicted molar refractivity (Wildman–Crippen MR) is 102 cm³/mol. The Labute approximate surface area is 150 Å². The highest BCUT2D eigenvalue weighted by Crippen LogP contribution is 2.21. The number of nitrogens with zero attached hydrogens (tertiary/aromatic N) is 3. The third-order valence-electron chi connectivity index (χ3n) is 4.27. The topological polar surface area (TPSA) is 69.0 Å². The second-order valence-corrected chi connectivity index (χ2v) is 5.97. The molecule has 3 aromatic rings. The molecule has 0 bridgehead atoms. The molecular weight excluding hydrogens is 328 g/mol. The van der Waals surface area contributed by atoms with Gasteiger partial charge in [0, 0.05) is 6.20 Å². The van der Waals surface area contributed by atoms with Crippen LogP contribution in [0.3, 0.4) is 0 Å². The van der Waals surface area contributed by atoms with Crippen LogP contribution in [0.15, 0.2) is 71.8 Å². The molecule has 2 aromatic heterocycles. The van der Waals surface area contributed by atoms with E-state index >= 15 is 0 Å². The lowest BCUT2D eigenvalue weighted by molar-refractivity contribution is 0.415. The molecule has 26 heavy (non-hydrogen) atoms. The number of aromatic nitrogens is 3. The summed E-state index contributed by atoms with van der Waals surface area (Å²) in [5.74, 6) is 1.11. The molecule has 0 radical (unpaired) electrons. The predicted octanol–water partition coefficient (Wildman–Crippen LogP) is 3.09. The molecule has 0 saturated carbocycles. The van der Waals surface area contributed by atoms with E-state index in [-0.39, 0.29) is 11.6 Å². The zero-order chi connectivity index (χ0) is 17.9. The molecule has 2 heterocycles. The van der Waals surface area contributed by atoms with Crippen LogP contribution in [0.5, 0.6) is 5.75 Å². The van der Waals surface area contributed by atoms with Crippen molar-refractivity contribution in [3.63, 3.8) is 0 Å². The minimum atomic E-state index is -0.167. The monoisotopic (exact) mass is 346 g/mol. The summed E-state index contributed by atoms with van der Waals surface area (Å²) in [6.45, 7) is 0. The molecule has 6 nitrogen and oxygen atoms in total. The molecule has 130 valence electrons. The Hall–Kier alpha value is -3.41. The van der Waals surface area contributed by atoms with Gasteiger partial charge in [0.1, 0.15) is 5.75 Å². The number of methoxy groups -OCH3 is 1. The number of benzene rings is 1. The van der Waals surface area contributed by atoms with Crippen molar-refractivity contribution in [1.29, 1.82) is 0 Å². The van der Waals surface area contributed by atoms with E-state index < -0.39 is 0 Å². The molecule has 1 N–H and O–H groups in total. The van der Waals surface area contributed by atoms with Crippen LogP contribution in [0.1, 0.15) is 6.42 Å². The summed E-state index contributed by atoms with van der Waals surface area (Å²) >= 11 is 0. The number of fused-ring (bicyclic) bond motifs is 1. The first-order valence-corrected chi connectivity index (χ1v) is 8.37. The third kappa shape index (κ3) is 2.97. The lowest BCUT2D eigenvalue weighted by atomic mass is 10.1. The largest absolute Gasteiger partial charge is 0.497 e. The third-order valence-corrected chi connectivity index (χ3v) is 4.27. The van der Waals surface area contributed by atoms with Gasteiger partial charge in [0.2, 0.25) is 5.95 Å². The zero-order valence-corrected chi connectivity index (χ0v) is 14.3. The zero-order valence-electron chi connectivity index (χ0n) is 14.3. The van der Waals surface area contributed by atoms with E-state index in [1.165, 1.54) is 0 Å². The second kappa shape index (κ2) is 6.84. The number of hydrogen-bond acceptors (Lipinski definition) is 5. The molecule has 0 aliphatic heterocycles. The Bertz CT molecular complexity index is 1050. The number of hydrogen-bond donors (Lipinski definition) is 1. The maximum atomic E-state index is 13.2. The number of pyridine rings is 1. The van der Waals surface area contributed by atoms with Crippen LogP contribution in [0.25, 0.3) is 16.6 Å². The van der Waals surface area contributed by atoms with Gasteiger partial charge in [-0.25, -0.2) is 9.55 Å². The molecule has 1 aromatic carbocycles. The fourth-order valence-electron chi connectivity index (χ4n) is 2.97. The van der Waals surface area contributed by atoms with Crippen molar-refractivity contribution in [3.05, 3.63) is 77.4 Å². The maximum Gasteiger partial charge on any atom is 0.267 e. The fraction of sp³-hybridized carbons (Fsp3) is 0.150. The molecule has 1 unspecified atom stereocenters. The number of rotatable bonds is 4. The van der Waals surface area contributed by atoms with E-state index in [2.05, 4.69) is 22.5 Å². The van der Waals surface area contributed by atoms with Gasteiger partial charge in [0.15, 0.2) is 0 Å². The summed E-state index contributed by atoms with van der Waals surface area (Å²) in [5.41, 5.74) is 1.11. The van der Waals surface area contributed by atoms with Crippen LogP contribution in [0, 0.1) is 0 Å². The van der Waals surface area contributed by atoms with Gasteiger partial charge in [0.05, 0.1) is 35.9 Å². The summed E-state index contributed by atoms with van der Waals surface area (Å²) < 4.78 is 6.81. The maximum absolute atomic E-state index is 13.2. The Morgan fingerprint density at radius 3 is 2.92 bits per heavy atom. The molecule has 1 atom stereocenters. The van der Waals surface area contributed by atoms with Crippen LogP contribution in [0.4, 0.5) is 5.95 Å². The molecule has 0 amide bonds. The van der Waals surface area contributed by atoms with E-state index in [9.17, 15) is 4.79 Å². The summed E-state index contributed by atoms with van der Waals surface area (Å²) in [6.07, 6.45) is 12.3. The first-order valence-electron chi connectivity index (χ1n) is 8.37. The average Bonchev–Trinajstić information content (AvgIpc) is 2.69. The highest BCUT2D eigenvalue weighted by atomic mass is 16.5. The molecule has 1 aliphatic carbocycles. The molecule has 0 saturated heterocycles. The van der Waals surface area contributed by atoms with E-state index in [0.29, 0.717) is 28.3 Å². The van der Waals surface area contributed by atoms with Gasteiger partial charge >= 0.3 is 0 Å². The van der Waals surface area contributed by atoms with Crippen molar-refractivity contribution < 1.29 is 4.74 Å². The molecule has 6 heteroatoms. The SMILES string of the molecule is COc1ccc2nc(NC3C=CC=CC3)n(-c3cccnc3)c(=O)c2c1. The van der Waals surface area contributed by atoms with Crippen LogP contribution in [0.2, 0.25) is 0 Å². The van der Waals surface area contributed by atoms with Crippen molar-refractivity contribution >= 4 is 16.9 Å². The molecule has 0 spiro atoms. The summed E-state index contributed by atoms with van der Waals surface area (Å²) in [7, 11) is 1.58. The first-order chi connectivity index (χ1) is 12.8. The quantitative estimate of drug-likeness (QED) is 0.786. The highest BCUT2D eigenvalue weighted by Gasteiger charge is 2.16. The Balaban J connectivity index is 1.92. The lowest BCUT2D eigenvalue weighted by Gasteiger charge is -2.20. The van der Waals surface area contributed by atoms with E-state index in [0.717, 1.165) is 6.42 Å². The minimum absolute atomic E-state index is 0.0746. The van der Waals surface area contributed by atoms with Crippen molar-refractivity contribution in [3.8, 4) is 11.4 Å². The van der Waals surface area contributed by atoms with E-state index in [1.807, 2.05) is 18.2 Å². The van der Waals surface area contributed by atoms with Crippen LogP contribution < -0.4 is 15.6 Å². The molecule has 0 fully saturated rings.